The highest BCUT2D eigenvalue weighted by Gasteiger charge is 2.10. The van der Waals surface area contributed by atoms with Crippen molar-refractivity contribution in [2.45, 2.75) is 52.2 Å². The average molecular weight is 378 g/mol. The third-order valence-electron chi connectivity index (χ3n) is 4.54. The summed E-state index contributed by atoms with van der Waals surface area (Å²) >= 11 is 0. The second-order valence-electron chi connectivity index (χ2n) is 6.91. The molecule has 4 heteroatoms. The van der Waals surface area contributed by atoms with E-state index in [4.69, 9.17) is 4.74 Å². The van der Waals surface area contributed by atoms with Gasteiger partial charge in [-0.15, -0.1) is 12.4 Å². The first-order valence-electron chi connectivity index (χ1n) is 9.22. The summed E-state index contributed by atoms with van der Waals surface area (Å²) < 4.78 is 5.68. The van der Waals surface area contributed by atoms with E-state index in [-0.39, 0.29) is 25.1 Å². The summed E-state index contributed by atoms with van der Waals surface area (Å²) in [4.78, 5) is 0. The van der Waals surface area contributed by atoms with Gasteiger partial charge in [-0.3, -0.25) is 0 Å². The van der Waals surface area contributed by atoms with Crippen molar-refractivity contribution in [3.63, 3.8) is 0 Å². The van der Waals surface area contributed by atoms with E-state index in [0.717, 1.165) is 12.2 Å². The molecule has 26 heavy (non-hydrogen) atoms. The summed E-state index contributed by atoms with van der Waals surface area (Å²) in [7, 11) is 0. The molecule has 0 saturated carbocycles. The Kier molecular flexibility index (Phi) is 9.71. The van der Waals surface area contributed by atoms with Crippen LogP contribution < -0.4 is 10.1 Å². The topological polar surface area (TPSA) is 41.5 Å². The second kappa shape index (κ2) is 11.2. The molecule has 144 valence electrons. The highest BCUT2D eigenvalue weighted by atomic mass is 35.5. The predicted molar refractivity (Wildman–Crippen MR) is 112 cm³/mol. The van der Waals surface area contributed by atoms with Crippen molar-refractivity contribution < 1.29 is 9.84 Å². The van der Waals surface area contributed by atoms with Crippen LogP contribution in [0, 0.1) is 0 Å². The fourth-order valence-corrected chi connectivity index (χ4v) is 2.67. The van der Waals surface area contributed by atoms with E-state index in [1.165, 1.54) is 16.7 Å². The number of aryl methyl sites for hydroxylation is 1. The zero-order valence-electron chi connectivity index (χ0n) is 16.2. The summed E-state index contributed by atoms with van der Waals surface area (Å²) in [6.07, 6.45) is 0.512. The van der Waals surface area contributed by atoms with Gasteiger partial charge in [-0.05, 0) is 48.1 Å². The van der Waals surface area contributed by atoms with Gasteiger partial charge in [-0.1, -0.05) is 57.2 Å². The molecule has 0 fully saturated rings. The van der Waals surface area contributed by atoms with Crippen molar-refractivity contribution in [3.05, 3.63) is 65.2 Å². The lowest BCUT2D eigenvalue weighted by atomic mass is 10.0. The van der Waals surface area contributed by atoms with E-state index in [2.05, 4.69) is 69.4 Å². The lowest BCUT2D eigenvalue weighted by Crippen LogP contribution is -2.33. The zero-order valence-corrected chi connectivity index (χ0v) is 17.1. The summed E-state index contributed by atoms with van der Waals surface area (Å²) in [5.74, 6) is 1.31. The standard InChI is InChI=1S/C22H31NO2.ClH/c1-5-18-6-8-20(9-7-18)17(4)23-14-21(24)15-25-22-12-10-19(11-13-22)16(2)3;/h6-13,16-17,21,23-24H,5,14-15H2,1-4H3;1H. The highest BCUT2D eigenvalue weighted by Crippen LogP contribution is 2.19. The maximum absolute atomic E-state index is 10.1. The van der Waals surface area contributed by atoms with Gasteiger partial charge in [0.1, 0.15) is 18.5 Å². The number of rotatable bonds is 9. The molecule has 0 aliphatic heterocycles. The lowest BCUT2D eigenvalue weighted by Gasteiger charge is -2.18. The number of aliphatic hydroxyl groups excluding tert-OH is 1. The smallest absolute Gasteiger partial charge is 0.119 e. The van der Waals surface area contributed by atoms with Crippen LogP contribution >= 0.6 is 12.4 Å². The summed E-state index contributed by atoms with van der Waals surface area (Å²) in [6, 6.07) is 16.9. The van der Waals surface area contributed by atoms with Crippen LogP contribution in [0.1, 0.15) is 56.3 Å². The fourth-order valence-electron chi connectivity index (χ4n) is 2.67. The van der Waals surface area contributed by atoms with E-state index < -0.39 is 6.10 Å². The van der Waals surface area contributed by atoms with Crippen LogP contribution in [0.2, 0.25) is 0 Å². The highest BCUT2D eigenvalue weighted by molar-refractivity contribution is 5.85. The van der Waals surface area contributed by atoms with Crippen LogP contribution in [0.4, 0.5) is 0 Å². The average Bonchev–Trinajstić information content (AvgIpc) is 2.64. The SMILES string of the molecule is CCc1ccc(C(C)NCC(O)COc2ccc(C(C)C)cc2)cc1.Cl. The third-order valence-corrected chi connectivity index (χ3v) is 4.54. The summed E-state index contributed by atoms with van der Waals surface area (Å²) in [5.41, 5.74) is 3.86. The molecule has 0 bridgehead atoms. The molecule has 0 radical (unpaired) electrons. The number of nitrogens with one attached hydrogen (secondary N) is 1. The normalized spacial score (nSPS) is 13.2. The Balaban J connectivity index is 0.00000338. The molecule has 3 nitrogen and oxygen atoms in total. The molecule has 0 spiro atoms. The molecule has 0 aromatic heterocycles. The van der Waals surface area contributed by atoms with Gasteiger partial charge >= 0.3 is 0 Å². The van der Waals surface area contributed by atoms with Gasteiger partial charge in [0, 0.05) is 12.6 Å². The minimum atomic E-state index is -0.540. The van der Waals surface area contributed by atoms with Gasteiger partial charge in [0.15, 0.2) is 0 Å². The van der Waals surface area contributed by atoms with Gasteiger partial charge in [0.25, 0.3) is 0 Å². The molecule has 2 aromatic rings. The van der Waals surface area contributed by atoms with Gasteiger partial charge in [-0.2, -0.15) is 0 Å². The van der Waals surface area contributed by atoms with Crippen LogP contribution in [-0.2, 0) is 6.42 Å². The van der Waals surface area contributed by atoms with Crippen LogP contribution in [0.15, 0.2) is 48.5 Å². The van der Waals surface area contributed by atoms with E-state index in [1.54, 1.807) is 0 Å². The largest absolute Gasteiger partial charge is 0.491 e. The fraction of sp³-hybridized carbons (Fsp3) is 0.455. The van der Waals surface area contributed by atoms with Gasteiger partial charge in [0.2, 0.25) is 0 Å². The molecule has 0 heterocycles. The Morgan fingerprint density at radius 2 is 1.50 bits per heavy atom. The molecule has 0 amide bonds. The Morgan fingerprint density at radius 1 is 0.923 bits per heavy atom. The molecule has 0 saturated heterocycles. The van der Waals surface area contributed by atoms with Crippen LogP contribution in [0.3, 0.4) is 0 Å². The number of halogens is 1. The Labute approximate surface area is 164 Å². The maximum Gasteiger partial charge on any atom is 0.119 e. The van der Waals surface area contributed by atoms with Crippen molar-refractivity contribution >= 4 is 12.4 Å². The van der Waals surface area contributed by atoms with Crippen molar-refractivity contribution in [3.8, 4) is 5.75 Å². The minimum Gasteiger partial charge on any atom is -0.491 e. The summed E-state index contributed by atoms with van der Waals surface area (Å²) in [6.45, 7) is 9.39. The van der Waals surface area contributed by atoms with E-state index in [9.17, 15) is 5.11 Å². The van der Waals surface area contributed by atoms with Gasteiger partial charge in [0.05, 0.1) is 0 Å². The van der Waals surface area contributed by atoms with Crippen molar-refractivity contribution in [1.82, 2.24) is 5.32 Å². The Bertz CT molecular complexity index is 626. The first-order chi connectivity index (χ1) is 12.0. The molecule has 2 atom stereocenters. The van der Waals surface area contributed by atoms with E-state index in [1.807, 2.05) is 12.1 Å². The van der Waals surface area contributed by atoms with Crippen LogP contribution in [0.5, 0.6) is 5.75 Å². The molecule has 0 aliphatic carbocycles. The first kappa shape index (κ1) is 22.5. The van der Waals surface area contributed by atoms with Crippen molar-refractivity contribution in [1.29, 1.82) is 0 Å². The maximum atomic E-state index is 10.1. The van der Waals surface area contributed by atoms with E-state index in [0.29, 0.717) is 12.5 Å². The third kappa shape index (κ3) is 6.99. The number of benzene rings is 2. The van der Waals surface area contributed by atoms with Crippen molar-refractivity contribution in [2.75, 3.05) is 13.2 Å². The molecule has 2 rings (SSSR count). The quantitative estimate of drug-likeness (QED) is 0.654. The number of hydrogen-bond acceptors (Lipinski definition) is 3. The number of aliphatic hydroxyl groups is 1. The zero-order chi connectivity index (χ0) is 18.2. The van der Waals surface area contributed by atoms with Crippen LogP contribution in [0.25, 0.3) is 0 Å². The predicted octanol–water partition coefficient (Wildman–Crippen LogP) is 4.88. The van der Waals surface area contributed by atoms with Gasteiger partial charge < -0.3 is 15.2 Å². The van der Waals surface area contributed by atoms with Gasteiger partial charge in [-0.25, -0.2) is 0 Å². The number of ether oxygens (including phenoxy) is 1. The second-order valence-corrected chi connectivity index (χ2v) is 6.91. The minimum absolute atomic E-state index is 0. The molecule has 2 unspecified atom stereocenters. The van der Waals surface area contributed by atoms with Crippen LogP contribution in [-0.4, -0.2) is 24.4 Å². The monoisotopic (exact) mass is 377 g/mol. The molecule has 2 N–H and O–H groups in total. The molecule has 0 aliphatic rings. The Morgan fingerprint density at radius 3 is 2.04 bits per heavy atom. The molecule has 2 aromatic carbocycles. The van der Waals surface area contributed by atoms with Crippen molar-refractivity contribution in [2.24, 2.45) is 0 Å². The first-order valence-corrected chi connectivity index (χ1v) is 9.22. The summed E-state index contributed by atoms with van der Waals surface area (Å²) in [5, 5.41) is 13.5. The molecular weight excluding hydrogens is 346 g/mol. The Hall–Kier alpha value is -1.55. The number of hydrogen-bond donors (Lipinski definition) is 2. The molecular formula is C22H32ClNO2. The lowest BCUT2D eigenvalue weighted by molar-refractivity contribution is 0.104. The van der Waals surface area contributed by atoms with E-state index >= 15 is 0 Å².